The Morgan fingerprint density at radius 2 is 1.61 bits per heavy atom. The number of anilines is 2. The maximum atomic E-state index is 12.0. The van der Waals surface area contributed by atoms with Crippen LogP contribution in [-0.2, 0) is 11.2 Å². The Balaban J connectivity index is 1.79. The number of carbonyl (C=O) groups is 1. The van der Waals surface area contributed by atoms with Gasteiger partial charge in [-0.05, 0) is 54.8 Å². The van der Waals surface area contributed by atoms with Crippen molar-refractivity contribution in [2.75, 3.05) is 23.8 Å². The first-order valence-electron chi connectivity index (χ1n) is 8.06. The van der Waals surface area contributed by atoms with E-state index in [0.29, 0.717) is 6.61 Å². The highest BCUT2D eigenvalue weighted by Crippen LogP contribution is 2.16. The van der Waals surface area contributed by atoms with Crippen molar-refractivity contribution in [3.05, 3.63) is 54.1 Å². The minimum atomic E-state index is -0.0689. The van der Waals surface area contributed by atoms with Crippen molar-refractivity contribution in [3.8, 4) is 5.75 Å². The van der Waals surface area contributed by atoms with Crippen LogP contribution >= 0.6 is 0 Å². The fourth-order valence-corrected chi connectivity index (χ4v) is 2.10. The van der Waals surface area contributed by atoms with Gasteiger partial charge in [-0.1, -0.05) is 26.0 Å². The van der Waals surface area contributed by atoms with Gasteiger partial charge in [-0.15, -0.1) is 0 Å². The Labute approximate surface area is 137 Å². The van der Waals surface area contributed by atoms with Crippen LogP contribution in [-0.4, -0.2) is 19.1 Å². The van der Waals surface area contributed by atoms with Crippen LogP contribution in [0.2, 0.25) is 0 Å². The third-order valence-electron chi connectivity index (χ3n) is 3.43. The lowest BCUT2D eigenvalue weighted by Crippen LogP contribution is -2.21. The molecule has 0 aromatic heterocycles. The lowest BCUT2D eigenvalue weighted by atomic mass is 10.1. The number of aryl methyl sites for hydroxylation is 1. The van der Waals surface area contributed by atoms with Crippen LogP contribution in [0.25, 0.3) is 0 Å². The zero-order chi connectivity index (χ0) is 16.5. The summed E-state index contributed by atoms with van der Waals surface area (Å²) in [6.07, 6.45) is 1.98. The van der Waals surface area contributed by atoms with Crippen LogP contribution in [0.3, 0.4) is 0 Å². The second-order valence-electron chi connectivity index (χ2n) is 5.33. The van der Waals surface area contributed by atoms with Gasteiger partial charge in [0.15, 0.2) is 0 Å². The Morgan fingerprint density at radius 3 is 2.22 bits per heavy atom. The van der Waals surface area contributed by atoms with Crippen LogP contribution in [0.5, 0.6) is 5.75 Å². The number of amides is 1. The largest absolute Gasteiger partial charge is 0.494 e. The van der Waals surface area contributed by atoms with Gasteiger partial charge in [-0.25, -0.2) is 0 Å². The van der Waals surface area contributed by atoms with Gasteiger partial charge >= 0.3 is 0 Å². The van der Waals surface area contributed by atoms with Gasteiger partial charge in [0.05, 0.1) is 13.2 Å². The second kappa shape index (κ2) is 8.83. The molecule has 0 atom stereocenters. The molecule has 0 fully saturated rings. The lowest BCUT2D eigenvalue weighted by molar-refractivity contribution is -0.114. The zero-order valence-corrected chi connectivity index (χ0v) is 13.8. The molecule has 0 radical (unpaired) electrons. The Morgan fingerprint density at radius 1 is 0.957 bits per heavy atom. The molecule has 23 heavy (non-hydrogen) atoms. The van der Waals surface area contributed by atoms with E-state index < -0.39 is 0 Å². The molecule has 2 aromatic rings. The van der Waals surface area contributed by atoms with E-state index in [2.05, 4.69) is 24.5 Å². The van der Waals surface area contributed by atoms with Gasteiger partial charge in [-0.3, -0.25) is 4.79 Å². The molecule has 0 unspecified atom stereocenters. The van der Waals surface area contributed by atoms with E-state index in [1.54, 1.807) is 0 Å². The first kappa shape index (κ1) is 16.9. The molecule has 0 saturated heterocycles. The van der Waals surface area contributed by atoms with E-state index in [4.69, 9.17) is 4.74 Å². The van der Waals surface area contributed by atoms with Gasteiger partial charge in [0.25, 0.3) is 0 Å². The summed E-state index contributed by atoms with van der Waals surface area (Å²) in [6.45, 7) is 5.12. The quantitative estimate of drug-likeness (QED) is 0.772. The van der Waals surface area contributed by atoms with E-state index in [1.807, 2.05) is 48.5 Å². The molecular formula is C19H24N2O2. The van der Waals surface area contributed by atoms with Crippen molar-refractivity contribution in [2.24, 2.45) is 0 Å². The molecule has 0 aliphatic rings. The number of benzene rings is 2. The normalized spacial score (nSPS) is 10.2. The molecule has 122 valence electrons. The molecule has 0 aliphatic carbocycles. The molecule has 0 heterocycles. The number of rotatable bonds is 8. The summed E-state index contributed by atoms with van der Waals surface area (Å²) in [6, 6.07) is 15.5. The van der Waals surface area contributed by atoms with Crippen molar-refractivity contribution in [3.63, 3.8) is 0 Å². The number of hydrogen-bond acceptors (Lipinski definition) is 3. The number of nitrogens with one attached hydrogen (secondary N) is 2. The van der Waals surface area contributed by atoms with Crippen molar-refractivity contribution in [1.29, 1.82) is 0 Å². The molecule has 2 aromatic carbocycles. The first-order valence-corrected chi connectivity index (χ1v) is 8.06. The van der Waals surface area contributed by atoms with Crippen LogP contribution in [0.4, 0.5) is 11.4 Å². The van der Waals surface area contributed by atoms with Crippen molar-refractivity contribution in [1.82, 2.24) is 0 Å². The topological polar surface area (TPSA) is 50.4 Å². The summed E-state index contributed by atoms with van der Waals surface area (Å²) in [7, 11) is 0. The minimum Gasteiger partial charge on any atom is -0.494 e. The summed E-state index contributed by atoms with van der Waals surface area (Å²) in [5.74, 6) is 0.776. The van der Waals surface area contributed by atoms with E-state index in [1.165, 1.54) is 5.56 Å². The van der Waals surface area contributed by atoms with Gasteiger partial charge < -0.3 is 15.4 Å². The smallest absolute Gasteiger partial charge is 0.243 e. The predicted octanol–water partition coefficient (Wildman–Crippen LogP) is 4.09. The zero-order valence-electron chi connectivity index (χ0n) is 13.8. The van der Waals surface area contributed by atoms with E-state index in [-0.39, 0.29) is 12.5 Å². The van der Waals surface area contributed by atoms with Gasteiger partial charge in [-0.2, -0.15) is 0 Å². The molecule has 4 nitrogen and oxygen atoms in total. The molecule has 0 saturated carbocycles. The lowest BCUT2D eigenvalue weighted by Gasteiger charge is -2.09. The van der Waals surface area contributed by atoms with Gasteiger partial charge in [0.2, 0.25) is 5.91 Å². The van der Waals surface area contributed by atoms with Crippen LogP contribution in [0.15, 0.2) is 48.5 Å². The third-order valence-corrected chi connectivity index (χ3v) is 3.43. The Kier molecular flexibility index (Phi) is 6.48. The van der Waals surface area contributed by atoms with Crippen molar-refractivity contribution >= 4 is 17.3 Å². The van der Waals surface area contributed by atoms with Gasteiger partial charge in [0, 0.05) is 11.4 Å². The van der Waals surface area contributed by atoms with Gasteiger partial charge in [0.1, 0.15) is 5.75 Å². The highest BCUT2D eigenvalue weighted by Gasteiger charge is 2.03. The molecule has 0 bridgehead atoms. The highest BCUT2D eigenvalue weighted by molar-refractivity contribution is 5.93. The van der Waals surface area contributed by atoms with Crippen molar-refractivity contribution in [2.45, 2.75) is 26.7 Å². The average molecular weight is 312 g/mol. The fourth-order valence-electron chi connectivity index (χ4n) is 2.10. The molecular weight excluding hydrogens is 288 g/mol. The molecule has 4 heteroatoms. The second-order valence-corrected chi connectivity index (χ2v) is 5.33. The van der Waals surface area contributed by atoms with E-state index in [0.717, 1.165) is 30.0 Å². The minimum absolute atomic E-state index is 0.0689. The first-order chi connectivity index (χ1) is 11.2. The molecule has 2 rings (SSSR count). The standard InChI is InChI=1S/C19H24N2O2/c1-3-13-23-18-11-9-16(10-12-18)20-14-19(22)21-17-7-5-15(4-2)6-8-17/h5-12,20H,3-4,13-14H2,1-2H3,(H,21,22). The maximum Gasteiger partial charge on any atom is 0.243 e. The van der Waals surface area contributed by atoms with Crippen molar-refractivity contribution < 1.29 is 9.53 Å². The summed E-state index contributed by atoms with van der Waals surface area (Å²) in [5.41, 5.74) is 2.97. The molecule has 0 spiro atoms. The SMILES string of the molecule is CCCOc1ccc(NCC(=O)Nc2ccc(CC)cc2)cc1. The highest BCUT2D eigenvalue weighted by atomic mass is 16.5. The van der Waals surface area contributed by atoms with Crippen LogP contribution in [0.1, 0.15) is 25.8 Å². The monoisotopic (exact) mass is 312 g/mol. The predicted molar refractivity (Wildman–Crippen MR) is 95.2 cm³/mol. The molecule has 2 N–H and O–H groups in total. The number of hydrogen-bond donors (Lipinski definition) is 2. The summed E-state index contributed by atoms with van der Waals surface area (Å²) in [4.78, 5) is 12.0. The third kappa shape index (κ3) is 5.66. The average Bonchev–Trinajstić information content (AvgIpc) is 2.59. The number of carbonyl (C=O) groups excluding carboxylic acids is 1. The van der Waals surface area contributed by atoms with Crippen LogP contribution in [0, 0.1) is 0 Å². The van der Waals surface area contributed by atoms with Crippen LogP contribution < -0.4 is 15.4 Å². The fraction of sp³-hybridized carbons (Fsp3) is 0.316. The Bertz CT molecular complexity index is 606. The molecule has 1 amide bonds. The Hall–Kier alpha value is -2.49. The summed E-state index contributed by atoms with van der Waals surface area (Å²) in [5, 5.41) is 5.98. The number of ether oxygens (including phenoxy) is 1. The summed E-state index contributed by atoms with van der Waals surface area (Å²) >= 11 is 0. The molecule has 0 aliphatic heterocycles. The van der Waals surface area contributed by atoms with E-state index >= 15 is 0 Å². The summed E-state index contributed by atoms with van der Waals surface area (Å²) < 4.78 is 5.53. The van der Waals surface area contributed by atoms with E-state index in [9.17, 15) is 4.79 Å². The maximum absolute atomic E-state index is 12.0.